The molecule has 0 fully saturated rings. The van der Waals surface area contributed by atoms with Crippen molar-refractivity contribution in [2.24, 2.45) is 5.14 Å². The van der Waals surface area contributed by atoms with Gasteiger partial charge >= 0.3 is 0 Å². The molecule has 1 rings (SSSR count). The molecule has 3 N–H and O–H groups in total. The first-order valence-corrected chi connectivity index (χ1v) is 6.07. The molecule has 0 heterocycles. The molecule has 0 radical (unpaired) electrons. The Morgan fingerprint density at radius 3 is 2.65 bits per heavy atom. The second kappa shape index (κ2) is 4.98. The van der Waals surface area contributed by atoms with Crippen LogP contribution in [-0.2, 0) is 14.8 Å². The number of anilines is 1. The lowest BCUT2D eigenvalue weighted by Crippen LogP contribution is -2.14. The summed E-state index contributed by atoms with van der Waals surface area (Å²) in [6.07, 6.45) is 1.07. The Morgan fingerprint density at radius 2 is 2.18 bits per heavy atom. The monoisotopic (exact) mass is 256 g/mol. The van der Waals surface area contributed by atoms with E-state index >= 15 is 0 Å². The summed E-state index contributed by atoms with van der Waals surface area (Å²) < 4.78 is 27.4. The van der Waals surface area contributed by atoms with Crippen molar-refractivity contribution in [2.45, 2.75) is 4.90 Å². The minimum atomic E-state index is -3.91. The maximum absolute atomic E-state index is 11.3. The Balaban J connectivity index is 3.23. The number of carbonyl (C=O) groups is 1. The molecule has 0 saturated carbocycles. The third-order valence-electron chi connectivity index (χ3n) is 1.92. The molecule has 0 unspecified atom stereocenters. The van der Waals surface area contributed by atoms with E-state index in [1.807, 2.05) is 0 Å². The number of carbonyl (C=O) groups excluding carboxylic acids is 1. The number of nitrogens with two attached hydrogens (primary N) is 1. The van der Waals surface area contributed by atoms with Crippen molar-refractivity contribution < 1.29 is 17.9 Å². The van der Waals surface area contributed by atoms with Crippen molar-refractivity contribution >= 4 is 21.6 Å². The van der Waals surface area contributed by atoms with E-state index in [1.165, 1.54) is 25.3 Å². The molecule has 0 aromatic heterocycles. The predicted octanol–water partition coefficient (Wildman–Crippen LogP) is 0.467. The largest absolute Gasteiger partial charge is 0.495 e. The number of methoxy groups -OCH3 is 1. The van der Waals surface area contributed by atoms with Crippen molar-refractivity contribution in [3.8, 4) is 5.75 Å². The Hall–Kier alpha value is -1.86. The summed E-state index contributed by atoms with van der Waals surface area (Å²) in [6.45, 7) is 3.28. The highest BCUT2D eigenvalue weighted by molar-refractivity contribution is 7.89. The first-order valence-electron chi connectivity index (χ1n) is 4.52. The maximum atomic E-state index is 11.3. The molecular formula is C10H12N2O4S. The van der Waals surface area contributed by atoms with E-state index in [0.717, 1.165) is 6.08 Å². The Kier molecular flexibility index (Phi) is 3.87. The van der Waals surface area contributed by atoms with E-state index in [1.54, 1.807) is 0 Å². The molecule has 0 bridgehead atoms. The molecule has 1 amide bonds. The highest BCUT2D eigenvalue weighted by Crippen LogP contribution is 2.25. The van der Waals surface area contributed by atoms with Crippen molar-refractivity contribution in [1.82, 2.24) is 0 Å². The molecule has 92 valence electrons. The average Bonchev–Trinajstić information content (AvgIpc) is 2.27. The zero-order valence-electron chi connectivity index (χ0n) is 9.14. The number of amides is 1. The molecule has 0 aliphatic carbocycles. The van der Waals surface area contributed by atoms with Crippen LogP contribution in [0.5, 0.6) is 5.75 Å². The molecule has 0 saturated heterocycles. The van der Waals surface area contributed by atoms with Gasteiger partial charge in [-0.1, -0.05) is 6.58 Å². The van der Waals surface area contributed by atoms with Gasteiger partial charge in [0.2, 0.25) is 15.9 Å². The molecule has 0 spiro atoms. The van der Waals surface area contributed by atoms with Crippen LogP contribution in [0.1, 0.15) is 0 Å². The molecule has 6 nitrogen and oxygen atoms in total. The van der Waals surface area contributed by atoms with E-state index in [2.05, 4.69) is 11.9 Å². The molecule has 1 aromatic rings. The number of benzene rings is 1. The van der Waals surface area contributed by atoms with Crippen LogP contribution in [0.15, 0.2) is 35.7 Å². The van der Waals surface area contributed by atoms with Crippen LogP contribution in [0, 0.1) is 0 Å². The lowest BCUT2D eigenvalue weighted by atomic mass is 10.3. The molecule has 0 atom stereocenters. The van der Waals surface area contributed by atoms with Crippen LogP contribution in [-0.4, -0.2) is 21.4 Å². The number of ether oxygens (including phenoxy) is 1. The quantitative estimate of drug-likeness (QED) is 0.765. The smallest absolute Gasteiger partial charge is 0.247 e. The SMILES string of the molecule is C=CC(=O)Nc1ccc(OC)c(S(N)(=O)=O)c1. The second-order valence-electron chi connectivity index (χ2n) is 3.10. The zero-order valence-corrected chi connectivity index (χ0v) is 9.95. The van der Waals surface area contributed by atoms with Crippen LogP contribution in [0.3, 0.4) is 0 Å². The minimum Gasteiger partial charge on any atom is -0.495 e. The van der Waals surface area contributed by atoms with E-state index in [4.69, 9.17) is 9.88 Å². The number of primary sulfonamides is 1. The summed E-state index contributed by atoms with van der Waals surface area (Å²) in [5.74, 6) is -0.334. The number of hydrogen-bond acceptors (Lipinski definition) is 4. The lowest BCUT2D eigenvalue weighted by Gasteiger charge is -2.09. The van der Waals surface area contributed by atoms with E-state index < -0.39 is 15.9 Å². The van der Waals surface area contributed by atoms with Gasteiger partial charge in [-0.15, -0.1) is 0 Å². The molecular weight excluding hydrogens is 244 g/mol. The van der Waals surface area contributed by atoms with Crippen molar-refractivity contribution in [2.75, 3.05) is 12.4 Å². The van der Waals surface area contributed by atoms with Gasteiger partial charge in [0.25, 0.3) is 0 Å². The standard InChI is InChI=1S/C10H12N2O4S/c1-3-10(13)12-7-4-5-8(16-2)9(6-7)17(11,14)15/h3-6H,1H2,2H3,(H,12,13)(H2,11,14,15). The fourth-order valence-electron chi connectivity index (χ4n) is 1.17. The number of rotatable bonds is 4. The summed E-state index contributed by atoms with van der Waals surface area (Å²) in [7, 11) is -2.59. The number of nitrogens with one attached hydrogen (secondary N) is 1. The van der Waals surface area contributed by atoms with Crippen molar-refractivity contribution in [3.63, 3.8) is 0 Å². The van der Waals surface area contributed by atoms with E-state index in [9.17, 15) is 13.2 Å². The second-order valence-corrected chi connectivity index (χ2v) is 4.63. The topological polar surface area (TPSA) is 98.5 Å². The molecule has 0 aliphatic rings. The summed E-state index contributed by atoms with van der Waals surface area (Å²) in [5, 5.41) is 7.45. The summed E-state index contributed by atoms with van der Waals surface area (Å²) >= 11 is 0. The van der Waals surface area contributed by atoms with Gasteiger partial charge in [0.15, 0.2) is 0 Å². The van der Waals surface area contributed by atoms with Gasteiger partial charge in [-0.3, -0.25) is 4.79 Å². The Morgan fingerprint density at radius 1 is 1.53 bits per heavy atom. The number of hydrogen-bond donors (Lipinski definition) is 2. The van der Waals surface area contributed by atoms with Crippen molar-refractivity contribution in [1.29, 1.82) is 0 Å². The zero-order chi connectivity index (χ0) is 13.1. The van der Waals surface area contributed by atoms with Gasteiger partial charge in [-0.05, 0) is 24.3 Å². The molecule has 17 heavy (non-hydrogen) atoms. The predicted molar refractivity (Wildman–Crippen MR) is 63.2 cm³/mol. The lowest BCUT2D eigenvalue weighted by molar-refractivity contribution is -0.111. The summed E-state index contributed by atoms with van der Waals surface area (Å²) in [5.41, 5.74) is 0.291. The molecule has 0 aliphatic heterocycles. The Bertz CT molecular complexity index is 551. The van der Waals surface area contributed by atoms with Crippen LogP contribution >= 0.6 is 0 Å². The van der Waals surface area contributed by atoms with Gasteiger partial charge in [-0.2, -0.15) is 0 Å². The molecule has 7 heteroatoms. The van der Waals surface area contributed by atoms with Gasteiger partial charge in [-0.25, -0.2) is 13.6 Å². The van der Waals surface area contributed by atoms with Crippen molar-refractivity contribution in [3.05, 3.63) is 30.9 Å². The Labute approximate surface area is 99.1 Å². The highest BCUT2D eigenvalue weighted by Gasteiger charge is 2.15. The molecule has 1 aromatic carbocycles. The third-order valence-corrected chi connectivity index (χ3v) is 2.86. The minimum absolute atomic E-state index is 0.115. The van der Waals surface area contributed by atoms with Gasteiger partial charge in [0, 0.05) is 5.69 Å². The van der Waals surface area contributed by atoms with Crippen LogP contribution < -0.4 is 15.2 Å². The maximum Gasteiger partial charge on any atom is 0.247 e. The average molecular weight is 256 g/mol. The van der Waals surface area contributed by atoms with Gasteiger partial charge in [0.1, 0.15) is 10.6 Å². The van der Waals surface area contributed by atoms with Gasteiger partial charge in [0.05, 0.1) is 7.11 Å². The normalized spacial score (nSPS) is 10.7. The number of sulfonamides is 1. The van der Waals surface area contributed by atoms with Crippen LogP contribution in [0.25, 0.3) is 0 Å². The summed E-state index contributed by atoms with van der Waals surface area (Å²) in [4.78, 5) is 10.9. The van der Waals surface area contributed by atoms with Crippen LogP contribution in [0.2, 0.25) is 0 Å². The summed E-state index contributed by atoms with van der Waals surface area (Å²) in [6, 6.07) is 4.11. The van der Waals surface area contributed by atoms with E-state index in [0.29, 0.717) is 5.69 Å². The van der Waals surface area contributed by atoms with Gasteiger partial charge < -0.3 is 10.1 Å². The fourth-order valence-corrected chi connectivity index (χ4v) is 1.89. The highest BCUT2D eigenvalue weighted by atomic mass is 32.2. The third kappa shape index (κ3) is 3.30. The van der Waals surface area contributed by atoms with Crippen LogP contribution in [0.4, 0.5) is 5.69 Å². The van der Waals surface area contributed by atoms with E-state index in [-0.39, 0.29) is 10.6 Å². The first kappa shape index (κ1) is 13.2. The first-order chi connectivity index (χ1) is 7.88. The fraction of sp³-hybridized carbons (Fsp3) is 0.100.